The van der Waals surface area contributed by atoms with Crippen molar-refractivity contribution >= 4 is 68.3 Å². The van der Waals surface area contributed by atoms with Gasteiger partial charge in [0.15, 0.2) is 11.5 Å². The molecular weight excluding hydrogens is 631 g/mol. The zero-order valence-corrected chi connectivity index (χ0v) is 24.5. The number of aryl methyl sites for hydroxylation is 1. The Bertz CT molecular complexity index is 1470. The third kappa shape index (κ3) is 6.22. The maximum Gasteiger partial charge on any atom is 0.259 e. The molecule has 0 aliphatic heterocycles. The Morgan fingerprint density at radius 2 is 1.87 bits per heavy atom. The SMILES string of the molecule is COc1cc(I)cc(C=Nc2sc3c(c2C(=O)Nc2ccccc2)CCCC3)c1OCc1ccc(Cl)cc1. The molecule has 38 heavy (non-hydrogen) atoms. The molecule has 1 aliphatic rings. The van der Waals surface area contributed by atoms with E-state index in [1.807, 2.05) is 66.7 Å². The molecule has 3 aromatic carbocycles. The molecule has 0 unspecified atom stereocenters. The van der Waals surface area contributed by atoms with Crippen LogP contribution >= 0.6 is 45.5 Å². The highest BCUT2D eigenvalue weighted by molar-refractivity contribution is 14.1. The van der Waals surface area contributed by atoms with Gasteiger partial charge in [0.2, 0.25) is 0 Å². The Balaban J connectivity index is 1.48. The number of amides is 1. The van der Waals surface area contributed by atoms with Gasteiger partial charge in [-0.25, -0.2) is 4.99 Å². The Morgan fingerprint density at radius 3 is 2.63 bits per heavy atom. The summed E-state index contributed by atoms with van der Waals surface area (Å²) in [5, 5.41) is 4.45. The Kier molecular flexibility index (Phi) is 8.66. The van der Waals surface area contributed by atoms with Crippen molar-refractivity contribution in [2.75, 3.05) is 12.4 Å². The topological polar surface area (TPSA) is 59.9 Å². The zero-order valence-electron chi connectivity index (χ0n) is 20.8. The minimum absolute atomic E-state index is 0.123. The van der Waals surface area contributed by atoms with Gasteiger partial charge < -0.3 is 14.8 Å². The van der Waals surface area contributed by atoms with Crippen molar-refractivity contribution < 1.29 is 14.3 Å². The summed E-state index contributed by atoms with van der Waals surface area (Å²) in [5.74, 6) is 1.10. The third-order valence-electron chi connectivity index (χ3n) is 6.30. The quantitative estimate of drug-likeness (QED) is 0.153. The molecule has 0 atom stereocenters. The molecule has 5 rings (SSSR count). The number of aliphatic imine (C=N–C) groups is 1. The second-order valence-corrected chi connectivity index (χ2v) is 11.7. The van der Waals surface area contributed by atoms with Crippen LogP contribution in [0.2, 0.25) is 5.02 Å². The number of para-hydroxylation sites is 1. The van der Waals surface area contributed by atoms with Gasteiger partial charge in [-0.05, 0) is 95.8 Å². The lowest BCUT2D eigenvalue weighted by Gasteiger charge is -2.14. The number of rotatable bonds is 8. The van der Waals surface area contributed by atoms with E-state index >= 15 is 0 Å². The number of fused-ring (bicyclic) bond motifs is 1. The number of halogens is 2. The molecule has 0 saturated carbocycles. The fourth-order valence-electron chi connectivity index (χ4n) is 4.45. The summed E-state index contributed by atoms with van der Waals surface area (Å²) >= 11 is 9.89. The van der Waals surface area contributed by atoms with Crippen LogP contribution in [-0.2, 0) is 19.4 Å². The maximum atomic E-state index is 13.5. The largest absolute Gasteiger partial charge is 0.493 e. The first-order valence-corrected chi connectivity index (χ1v) is 14.6. The van der Waals surface area contributed by atoms with Crippen LogP contribution in [0.25, 0.3) is 0 Å². The van der Waals surface area contributed by atoms with Gasteiger partial charge in [0.05, 0.1) is 12.7 Å². The van der Waals surface area contributed by atoms with Gasteiger partial charge in [-0.2, -0.15) is 0 Å². The normalized spacial score (nSPS) is 12.8. The van der Waals surface area contributed by atoms with Crippen LogP contribution in [0.5, 0.6) is 11.5 Å². The van der Waals surface area contributed by atoms with E-state index in [1.54, 1.807) is 24.7 Å². The molecule has 0 saturated heterocycles. The number of hydrogen-bond acceptors (Lipinski definition) is 5. The Morgan fingerprint density at radius 1 is 1.11 bits per heavy atom. The number of hydrogen-bond donors (Lipinski definition) is 1. The maximum absolute atomic E-state index is 13.5. The second-order valence-electron chi connectivity index (χ2n) is 8.91. The van der Waals surface area contributed by atoms with Crippen molar-refractivity contribution in [1.82, 2.24) is 0 Å². The van der Waals surface area contributed by atoms with Crippen molar-refractivity contribution in [1.29, 1.82) is 0 Å². The number of carbonyl (C=O) groups is 1. The van der Waals surface area contributed by atoms with Crippen LogP contribution in [0, 0.1) is 3.57 Å². The van der Waals surface area contributed by atoms with Crippen LogP contribution in [0.4, 0.5) is 10.7 Å². The predicted molar refractivity (Wildman–Crippen MR) is 164 cm³/mol. The summed E-state index contributed by atoms with van der Waals surface area (Å²) in [6.07, 6.45) is 5.86. The second kappa shape index (κ2) is 12.3. The van der Waals surface area contributed by atoms with E-state index in [0.717, 1.165) is 51.6 Å². The van der Waals surface area contributed by atoms with Gasteiger partial charge in [0.25, 0.3) is 5.91 Å². The lowest BCUT2D eigenvalue weighted by molar-refractivity contribution is 0.102. The minimum Gasteiger partial charge on any atom is -0.493 e. The Hall–Kier alpha value is -2.88. The molecule has 0 spiro atoms. The molecule has 1 N–H and O–H groups in total. The molecule has 0 radical (unpaired) electrons. The van der Waals surface area contributed by atoms with Crippen molar-refractivity contribution in [3.8, 4) is 11.5 Å². The van der Waals surface area contributed by atoms with E-state index in [9.17, 15) is 4.79 Å². The summed E-state index contributed by atoms with van der Waals surface area (Å²) in [6.45, 7) is 0.354. The molecule has 1 amide bonds. The summed E-state index contributed by atoms with van der Waals surface area (Å²) in [4.78, 5) is 19.6. The summed E-state index contributed by atoms with van der Waals surface area (Å²) in [7, 11) is 1.63. The molecule has 1 aliphatic carbocycles. The molecule has 8 heteroatoms. The molecule has 4 aromatic rings. The fraction of sp³-hybridized carbons (Fsp3) is 0.200. The van der Waals surface area contributed by atoms with Crippen LogP contribution in [-0.4, -0.2) is 19.2 Å². The van der Waals surface area contributed by atoms with E-state index in [2.05, 4.69) is 27.9 Å². The monoisotopic (exact) mass is 656 g/mol. The minimum atomic E-state index is -0.123. The molecule has 1 heterocycles. The molecular formula is C30H26ClIN2O3S. The standard InChI is InChI=1S/C30H26ClIN2O3S/c1-36-25-16-22(32)15-20(28(25)37-18-19-11-13-21(31)14-12-19)17-33-30-27(24-9-5-6-10-26(24)38-30)29(35)34-23-7-3-2-4-8-23/h2-4,7-8,11-17H,5-6,9-10,18H2,1H3,(H,34,35). The van der Waals surface area contributed by atoms with Crippen LogP contribution in [0.1, 0.15) is 44.8 Å². The average molecular weight is 657 g/mol. The first kappa shape index (κ1) is 26.7. The molecule has 194 valence electrons. The van der Waals surface area contributed by atoms with Crippen LogP contribution in [0.15, 0.2) is 71.7 Å². The highest BCUT2D eigenvalue weighted by Crippen LogP contribution is 2.41. The first-order valence-electron chi connectivity index (χ1n) is 12.3. The van der Waals surface area contributed by atoms with Crippen molar-refractivity contribution in [2.24, 2.45) is 4.99 Å². The number of nitrogens with one attached hydrogen (secondary N) is 1. The van der Waals surface area contributed by atoms with Gasteiger partial charge in [-0.15, -0.1) is 11.3 Å². The van der Waals surface area contributed by atoms with Crippen molar-refractivity contribution in [3.05, 3.63) is 102 Å². The lowest BCUT2D eigenvalue weighted by Crippen LogP contribution is -2.14. The van der Waals surface area contributed by atoms with E-state index in [4.69, 9.17) is 26.1 Å². The van der Waals surface area contributed by atoms with Crippen molar-refractivity contribution in [3.63, 3.8) is 0 Å². The van der Waals surface area contributed by atoms with Crippen LogP contribution < -0.4 is 14.8 Å². The van der Waals surface area contributed by atoms with E-state index in [0.29, 0.717) is 33.7 Å². The third-order valence-corrected chi connectivity index (χ3v) is 8.37. The number of thiophene rings is 1. The number of carbonyl (C=O) groups excluding carboxylic acids is 1. The first-order chi connectivity index (χ1) is 18.5. The lowest BCUT2D eigenvalue weighted by atomic mass is 9.95. The van der Waals surface area contributed by atoms with Gasteiger partial charge in [-0.3, -0.25) is 4.79 Å². The van der Waals surface area contributed by atoms with E-state index in [-0.39, 0.29) is 5.91 Å². The van der Waals surface area contributed by atoms with E-state index < -0.39 is 0 Å². The summed E-state index contributed by atoms with van der Waals surface area (Å²) < 4.78 is 12.9. The number of nitrogens with zero attached hydrogens (tertiary/aromatic N) is 1. The van der Waals surface area contributed by atoms with Gasteiger partial charge >= 0.3 is 0 Å². The average Bonchev–Trinajstić information content (AvgIpc) is 3.31. The van der Waals surface area contributed by atoms with Crippen LogP contribution in [0.3, 0.4) is 0 Å². The molecule has 5 nitrogen and oxygen atoms in total. The smallest absolute Gasteiger partial charge is 0.259 e. The zero-order chi connectivity index (χ0) is 26.5. The fourth-order valence-corrected chi connectivity index (χ4v) is 6.42. The van der Waals surface area contributed by atoms with Crippen molar-refractivity contribution in [2.45, 2.75) is 32.3 Å². The van der Waals surface area contributed by atoms with Gasteiger partial charge in [-0.1, -0.05) is 41.9 Å². The van der Waals surface area contributed by atoms with Gasteiger partial charge in [0, 0.05) is 30.9 Å². The number of methoxy groups -OCH3 is 1. The number of benzene rings is 3. The van der Waals surface area contributed by atoms with E-state index in [1.165, 1.54) is 4.88 Å². The highest BCUT2D eigenvalue weighted by atomic mass is 127. The number of anilines is 1. The molecule has 1 aromatic heterocycles. The summed E-state index contributed by atoms with van der Waals surface area (Å²) in [6, 6.07) is 21.0. The molecule has 0 fully saturated rings. The molecule has 0 bridgehead atoms. The Labute approximate surface area is 245 Å². The highest BCUT2D eigenvalue weighted by Gasteiger charge is 2.25. The van der Waals surface area contributed by atoms with Gasteiger partial charge in [0.1, 0.15) is 11.6 Å². The predicted octanol–water partition coefficient (Wildman–Crippen LogP) is 8.48. The number of ether oxygens (including phenoxy) is 2. The summed E-state index contributed by atoms with van der Waals surface area (Å²) in [5.41, 5.74) is 4.34.